The van der Waals surface area contributed by atoms with E-state index in [4.69, 9.17) is 26.2 Å². The van der Waals surface area contributed by atoms with Crippen LogP contribution >= 0.6 is 11.6 Å². The number of amides is 1. The lowest BCUT2D eigenvalue weighted by molar-refractivity contribution is -0.122. The molecule has 0 spiro atoms. The molecule has 180 valence electrons. The first-order valence-corrected chi connectivity index (χ1v) is 11.2. The SMILES string of the molecule is CN(C)S(=O)(=O)NC(=O)c1cc(F)c(Oc2cnc(NCC3CC3)c(Cl)c2)cc1F.O=CO. The number of hydrogen-bond donors (Lipinski definition) is 3. The van der Waals surface area contributed by atoms with Crippen LogP contribution in [-0.2, 0) is 15.0 Å². The zero-order valence-electron chi connectivity index (χ0n) is 17.5. The third-order valence-corrected chi connectivity index (χ3v) is 5.96. The summed E-state index contributed by atoms with van der Waals surface area (Å²) < 4.78 is 59.7. The summed E-state index contributed by atoms with van der Waals surface area (Å²) in [7, 11) is -1.81. The average molecular weight is 507 g/mol. The van der Waals surface area contributed by atoms with Crippen LogP contribution in [0.2, 0.25) is 5.02 Å². The summed E-state index contributed by atoms with van der Waals surface area (Å²) in [6.45, 7) is 0.500. The fourth-order valence-corrected chi connectivity index (χ4v) is 3.09. The van der Waals surface area contributed by atoms with Gasteiger partial charge in [0.2, 0.25) is 0 Å². The number of nitrogens with one attached hydrogen (secondary N) is 2. The second kappa shape index (κ2) is 11.2. The van der Waals surface area contributed by atoms with Gasteiger partial charge in [0.15, 0.2) is 11.6 Å². The van der Waals surface area contributed by atoms with Crippen LogP contribution in [0.3, 0.4) is 0 Å². The number of pyridine rings is 1. The van der Waals surface area contributed by atoms with Crippen LogP contribution in [0.5, 0.6) is 11.5 Å². The molecule has 3 N–H and O–H groups in total. The molecule has 0 bridgehead atoms. The van der Waals surface area contributed by atoms with Crippen molar-refractivity contribution in [1.82, 2.24) is 14.0 Å². The number of anilines is 1. The van der Waals surface area contributed by atoms with Crippen molar-refractivity contribution in [2.24, 2.45) is 5.92 Å². The van der Waals surface area contributed by atoms with E-state index in [1.54, 1.807) is 4.72 Å². The summed E-state index contributed by atoms with van der Waals surface area (Å²) in [5, 5.41) is 10.2. The standard InChI is InChI=1S/C18H19ClF2N4O4S.CH2O2/c1-25(2)30(27,28)24-18(26)12-6-15(21)16(7-14(12)20)29-11-5-13(19)17(23-9-11)22-8-10-3-4-10;2-1-3/h5-7,9-10H,3-4,8H2,1-2H3,(H,22,23)(H,24,26);1H,(H,2,3). The molecule has 1 fully saturated rings. The monoisotopic (exact) mass is 506 g/mol. The van der Waals surface area contributed by atoms with Gasteiger partial charge in [0.05, 0.1) is 16.8 Å². The summed E-state index contributed by atoms with van der Waals surface area (Å²) >= 11 is 6.14. The molecular formula is C19H21ClF2N4O6S. The summed E-state index contributed by atoms with van der Waals surface area (Å²) in [6, 6.07) is 2.58. The van der Waals surface area contributed by atoms with E-state index in [0.717, 1.165) is 23.7 Å². The van der Waals surface area contributed by atoms with Crippen molar-refractivity contribution in [2.45, 2.75) is 12.8 Å². The Hall–Kier alpha value is -3.03. The highest BCUT2D eigenvalue weighted by Crippen LogP contribution is 2.32. The van der Waals surface area contributed by atoms with Gasteiger partial charge >= 0.3 is 10.2 Å². The first-order valence-electron chi connectivity index (χ1n) is 9.37. The number of carbonyl (C=O) groups is 2. The van der Waals surface area contributed by atoms with Crippen molar-refractivity contribution in [2.75, 3.05) is 26.0 Å². The van der Waals surface area contributed by atoms with Crippen molar-refractivity contribution >= 4 is 40.0 Å². The van der Waals surface area contributed by atoms with E-state index in [9.17, 15) is 22.0 Å². The molecule has 1 amide bonds. The molecule has 0 saturated heterocycles. The molecule has 1 aliphatic carbocycles. The Morgan fingerprint density at radius 2 is 1.94 bits per heavy atom. The van der Waals surface area contributed by atoms with E-state index < -0.39 is 39.1 Å². The quantitative estimate of drug-likeness (QED) is 0.465. The predicted molar refractivity (Wildman–Crippen MR) is 116 cm³/mol. The lowest BCUT2D eigenvalue weighted by atomic mass is 10.2. The van der Waals surface area contributed by atoms with Gasteiger partial charge in [0.25, 0.3) is 12.4 Å². The van der Waals surface area contributed by atoms with E-state index in [1.165, 1.54) is 26.4 Å². The van der Waals surface area contributed by atoms with Gasteiger partial charge in [-0.05, 0) is 24.8 Å². The summed E-state index contributed by atoms with van der Waals surface area (Å²) in [5.74, 6) is -2.95. The number of hydrogen-bond acceptors (Lipinski definition) is 7. The normalized spacial score (nSPS) is 13.0. The van der Waals surface area contributed by atoms with Crippen molar-refractivity contribution in [3.05, 3.63) is 46.6 Å². The van der Waals surface area contributed by atoms with Crippen LogP contribution in [0.15, 0.2) is 24.4 Å². The number of aromatic nitrogens is 1. The lowest BCUT2D eigenvalue weighted by Gasteiger charge is -2.14. The highest BCUT2D eigenvalue weighted by Gasteiger charge is 2.24. The third kappa shape index (κ3) is 7.51. The maximum absolute atomic E-state index is 14.4. The Morgan fingerprint density at radius 1 is 1.30 bits per heavy atom. The second-order valence-corrected chi connectivity index (χ2v) is 9.31. The fraction of sp³-hybridized carbons (Fsp3) is 0.316. The number of carboxylic acid groups (broad SMARTS) is 1. The summed E-state index contributed by atoms with van der Waals surface area (Å²) in [6.07, 6.45) is 3.61. The maximum atomic E-state index is 14.4. The number of ether oxygens (including phenoxy) is 1. The van der Waals surface area contributed by atoms with Gasteiger partial charge in [-0.15, -0.1) is 0 Å². The van der Waals surface area contributed by atoms with Crippen molar-refractivity contribution in [3.63, 3.8) is 0 Å². The van der Waals surface area contributed by atoms with Gasteiger partial charge in [-0.1, -0.05) is 11.6 Å². The molecule has 3 rings (SSSR count). The molecule has 0 atom stereocenters. The second-order valence-electron chi connectivity index (χ2n) is 7.01. The Labute approximate surface area is 193 Å². The molecule has 1 aromatic carbocycles. The smallest absolute Gasteiger partial charge is 0.303 e. The molecule has 10 nitrogen and oxygen atoms in total. The minimum absolute atomic E-state index is 0.0580. The Balaban J connectivity index is 0.00000122. The van der Waals surface area contributed by atoms with E-state index in [1.807, 2.05) is 0 Å². The topological polar surface area (TPSA) is 138 Å². The van der Waals surface area contributed by atoms with Crippen LogP contribution < -0.4 is 14.8 Å². The van der Waals surface area contributed by atoms with Gasteiger partial charge in [-0.2, -0.15) is 12.7 Å². The average Bonchev–Trinajstić information content (AvgIpc) is 3.54. The molecular weight excluding hydrogens is 486 g/mol. The molecule has 1 aliphatic rings. The number of rotatable bonds is 8. The van der Waals surface area contributed by atoms with Crippen molar-refractivity contribution < 1.29 is 36.6 Å². The van der Waals surface area contributed by atoms with E-state index in [-0.39, 0.29) is 17.2 Å². The highest BCUT2D eigenvalue weighted by molar-refractivity contribution is 7.87. The van der Waals surface area contributed by atoms with Crippen LogP contribution in [0, 0.1) is 17.6 Å². The molecule has 1 heterocycles. The van der Waals surface area contributed by atoms with Crippen LogP contribution in [0.25, 0.3) is 0 Å². The zero-order valence-corrected chi connectivity index (χ0v) is 19.1. The molecule has 33 heavy (non-hydrogen) atoms. The van der Waals surface area contributed by atoms with Gasteiger partial charge in [-0.3, -0.25) is 9.59 Å². The minimum atomic E-state index is -4.16. The molecule has 1 saturated carbocycles. The van der Waals surface area contributed by atoms with E-state index in [2.05, 4.69) is 10.3 Å². The molecule has 14 heteroatoms. The Morgan fingerprint density at radius 3 is 2.48 bits per heavy atom. The summed E-state index contributed by atoms with van der Waals surface area (Å²) in [5.41, 5.74) is -0.791. The molecule has 2 aromatic rings. The first kappa shape index (κ1) is 26.2. The van der Waals surface area contributed by atoms with Crippen LogP contribution in [-0.4, -0.2) is 55.8 Å². The van der Waals surface area contributed by atoms with Gasteiger partial charge in [0, 0.05) is 32.8 Å². The Bertz CT molecular complexity index is 1130. The predicted octanol–water partition coefficient (Wildman–Crippen LogP) is 2.86. The largest absolute Gasteiger partial charge is 0.483 e. The van der Waals surface area contributed by atoms with E-state index >= 15 is 0 Å². The number of halogens is 3. The first-order chi connectivity index (χ1) is 15.5. The summed E-state index contributed by atoms with van der Waals surface area (Å²) in [4.78, 5) is 24.5. The molecule has 0 radical (unpaired) electrons. The van der Waals surface area contributed by atoms with Gasteiger partial charge < -0.3 is 15.2 Å². The van der Waals surface area contributed by atoms with Crippen molar-refractivity contribution in [3.8, 4) is 11.5 Å². The number of carbonyl (C=O) groups excluding carboxylic acids is 1. The van der Waals surface area contributed by atoms with Gasteiger partial charge in [0.1, 0.15) is 17.4 Å². The van der Waals surface area contributed by atoms with E-state index in [0.29, 0.717) is 23.9 Å². The number of nitrogens with zero attached hydrogens (tertiary/aromatic N) is 2. The maximum Gasteiger partial charge on any atom is 0.303 e. The van der Waals surface area contributed by atoms with Crippen LogP contribution in [0.4, 0.5) is 14.6 Å². The van der Waals surface area contributed by atoms with Crippen LogP contribution in [0.1, 0.15) is 23.2 Å². The minimum Gasteiger partial charge on any atom is -0.483 e. The highest BCUT2D eigenvalue weighted by atomic mass is 35.5. The van der Waals surface area contributed by atoms with Gasteiger partial charge in [-0.25, -0.2) is 18.5 Å². The Kier molecular flexibility index (Phi) is 8.91. The fourth-order valence-electron chi connectivity index (χ4n) is 2.34. The number of benzene rings is 1. The van der Waals surface area contributed by atoms with Crippen molar-refractivity contribution in [1.29, 1.82) is 0 Å². The molecule has 1 aromatic heterocycles. The third-order valence-electron chi connectivity index (χ3n) is 4.27. The molecule has 0 aliphatic heterocycles. The molecule has 0 unspecified atom stereocenters. The lowest BCUT2D eigenvalue weighted by Crippen LogP contribution is -2.39. The zero-order chi connectivity index (χ0) is 24.8.